The monoisotopic (exact) mass is 406 g/mol. The summed E-state index contributed by atoms with van der Waals surface area (Å²) in [5.74, 6) is -0.0881. The van der Waals surface area contributed by atoms with Crippen molar-refractivity contribution in [2.24, 2.45) is 0 Å². The zero-order chi connectivity index (χ0) is 19.5. The second-order valence-electron chi connectivity index (χ2n) is 6.52. The minimum absolute atomic E-state index is 0.0595. The van der Waals surface area contributed by atoms with Crippen LogP contribution in [-0.4, -0.2) is 5.91 Å². The number of carbonyl (C=O) groups excluding carboxylic acids is 1. The van der Waals surface area contributed by atoms with Crippen LogP contribution in [-0.2, 0) is 4.79 Å². The zero-order valence-electron chi connectivity index (χ0n) is 15.3. The topological polar surface area (TPSA) is 41.1 Å². The van der Waals surface area contributed by atoms with Gasteiger partial charge in [0.25, 0.3) is 0 Å². The number of thioether (sulfide) groups is 1. The Bertz CT molecular complexity index is 1060. The van der Waals surface area contributed by atoms with Crippen molar-refractivity contribution in [3.8, 4) is 0 Å². The lowest BCUT2D eigenvalue weighted by Gasteiger charge is -2.14. The molecule has 140 valence electrons. The molecule has 3 aromatic rings. The van der Waals surface area contributed by atoms with Crippen LogP contribution in [0.2, 0.25) is 5.02 Å². The van der Waals surface area contributed by atoms with Crippen molar-refractivity contribution >= 4 is 46.3 Å². The molecule has 1 unspecified atom stereocenters. The van der Waals surface area contributed by atoms with Gasteiger partial charge in [-0.05, 0) is 47.5 Å². The number of benzene rings is 3. The molecule has 3 nitrogen and oxygen atoms in total. The van der Waals surface area contributed by atoms with Crippen molar-refractivity contribution in [3.63, 3.8) is 0 Å². The second-order valence-corrected chi connectivity index (χ2v) is 8.11. The number of carbonyl (C=O) groups is 1. The first-order chi connectivity index (χ1) is 13.6. The highest BCUT2D eigenvalue weighted by Gasteiger charge is 2.21. The third-order valence-electron chi connectivity index (χ3n) is 4.43. The molecule has 0 bridgehead atoms. The lowest BCUT2D eigenvalue weighted by Crippen LogP contribution is -2.06. The fraction of sp³-hybridized carbons (Fsp3) is 0.0870. The third-order valence-corrected chi connectivity index (χ3v) is 6.03. The highest BCUT2D eigenvalue weighted by atomic mass is 35.5. The molecule has 1 aliphatic heterocycles. The molecule has 2 N–H and O–H groups in total. The van der Waals surface area contributed by atoms with Crippen molar-refractivity contribution in [3.05, 3.63) is 95.0 Å². The highest BCUT2D eigenvalue weighted by Crippen LogP contribution is 2.46. The molecule has 4 rings (SSSR count). The average molecular weight is 407 g/mol. The Morgan fingerprint density at radius 2 is 1.82 bits per heavy atom. The van der Waals surface area contributed by atoms with Gasteiger partial charge in [-0.2, -0.15) is 0 Å². The van der Waals surface area contributed by atoms with Crippen LogP contribution in [0.1, 0.15) is 23.3 Å². The number of rotatable bonds is 3. The van der Waals surface area contributed by atoms with Crippen LogP contribution in [0, 0.1) is 0 Å². The molecule has 1 amide bonds. The molecular formula is C23H19ClN2OS. The number of amides is 1. The van der Waals surface area contributed by atoms with Gasteiger partial charge in [0.2, 0.25) is 5.91 Å². The number of nitrogens with one attached hydrogen (secondary N) is 2. The van der Waals surface area contributed by atoms with Gasteiger partial charge in [0.1, 0.15) is 0 Å². The Balaban J connectivity index is 1.80. The van der Waals surface area contributed by atoms with Crippen LogP contribution in [0.5, 0.6) is 0 Å². The van der Waals surface area contributed by atoms with Gasteiger partial charge in [0.15, 0.2) is 0 Å². The molecule has 3 aromatic carbocycles. The summed E-state index contributed by atoms with van der Waals surface area (Å²) in [7, 11) is 0. The second kappa shape index (κ2) is 8.13. The molecule has 0 spiro atoms. The van der Waals surface area contributed by atoms with Crippen molar-refractivity contribution in [2.45, 2.75) is 17.1 Å². The summed E-state index contributed by atoms with van der Waals surface area (Å²) in [6.07, 6.45) is 2.19. The van der Waals surface area contributed by atoms with Gasteiger partial charge in [-0.1, -0.05) is 54.1 Å². The molecular weight excluding hydrogens is 388 g/mol. The largest absolute Gasteiger partial charge is 0.354 e. The van der Waals surface area contributed by atoms with Gasteiger partial charge in [0.05, 0.1) is 10.9 Å². The van der Waals surface area contributed by atoms with Crippen LogP contribution in [0.15, 0.2) is 83.8 Å². The first-order valence-electron chi connectivity index (χ1n) is 8.97. The molecule has 0 fully saturated rings. The number of anilines is 2. The molecule has 0 aliphatic carbocycles. The smallest absolute Gasteiger partial charge is 0.221 e. The summed E-state index contributed by atoms with van der Waals surface area (Å²) in [6.45, 7) is 1.51. The van der Waals surface area contributed by atoms with Crippen molar-refractivity contribution in [1.29, 1.82) is 0 Å². The maximum Gasteiger partial charge on any atom is 0.221 e. The van der Waals surface area contributed by atoms with E-state index in [2.05, 4.69) is 34.9 Å². The maximum absolute atomic E-state index is 11.4. The predicted octanol–water partition coefficient (Wildman–Crippen LogP) is 6.60. The zero-order valence-corrected chi connectivity index (χ0v) is 16.8. The minimum atomic E-state index is -0.0881. The van der Waals surface area contributed by atoms with Gasteiger partial charge in [-0.25, -0.2) is 0 Å². The first kappa shape index (κ1) is 18.7. The van der Waals surface area contributed by atoms with E-state index in [0.29, 0.717) is 0 Å². The van der Waals surface area contributed by atoms with E-state index in [-0.39, 0.29) is 11.2 Å². The van der Waals surface area contributed by atoms with Crippen LogP contribution in [0.4, 0.5) is 11.4 Å². The fourth-order valence-electron chi connectivity index (χ4n) is 3.18. The van der Waals surface area contributed by atoms with Crippen molar-refractivity contribution in [1.82, 2.24) is 0 Å². The molecule has 5 heteroatoms. The summed E-state index contributed by atoms with van der Waals surface area (Å²) in [4.78, 5) is 12.6. The van der Waals surface area contributed by atoms with E-state index in [0.717, 1.165) is 38.1 Å². The number of halogens is 1. The van der Waals surface area contributed by atoms with Gasteiger partial charge in [0, 0.05) is 28.2 Å². The van der Waals surface area contributed by atoms with E-state index in [1.807, 2.05) is 54.6 Å². The lowest BCUT2D eigenvalue weighted by atomic mass is 10.1. The number of hydrogen-bond acceptors (Lipinski definition) is 3. The first-order valence-corrected chi connectivity index (χ1v) is 10.2. The number of hydrogen-bond donors (Lipinski definition) is 2. The standard InChI is InChI=1S/C23H19ClN2OS/c1-15(27)25-17-8-6-7-16(13-17)21-14-23(18-9-2-3-10-19(18)24)28-22-12-5-4-11-20(22)26-21/h2-14,23,26H,1H3,(H,25,27). The van der Waals surface area contributed by atoms with E-state index in [4.69, 9.17) is 11.6 Å². The Labute approximate surface area is 173 Å². The van der Waals surface area contributed by atoms with E-state index >= 15 is 0 Å². The van der Waals surface area contributed by atoms with E-state index in [9.17, 15) is 4.79 Å². The Morgan fingerprint density at radius 1 is 1.04 bits per heavy atom. The average Bonchev–Trinajstić information content (AvgIpc) is 2.88. The van der Waals surface area contributed by atoms with Gasteiger partial charge in [-0.3, -0.25) is 4.79 Å². The normalized spacial score (nSPS) is 15.6. The number of fused-ring (bicyclic) bond motifs is 1. The third kappa shape index (κ3) is 4.08. The van der Waals surface area contributed by atoms with E-state index < -0.39 is 0 Å². The van der Waals surface area contributed by atoms with Crippen LogP contribution in [0.3, 0.4) is 0 Å². The molecule has 0 radical (unpaired) electrons. The van der Waals surface area contributed by atoms with Gasteiger partial charge in [-0.15, -0.1) is 11.8 Å². The van der Waals surface area contributed by atoms with Crippen LogP contribution >= 0.6 is 23.4 Å². The Morgan fingerprint density at radius 3 is 2.64 bits per heavy atom. The van der Waals surface area contributed by atoms with Crippen molar-refractivity contribution < 1.29 is 4.79 Å². The summed E-state index contributed by atoms with van der Waals surface area (Å²) in [5, 5.41) is 7.22. The predicted molar refractivity (Wildman–Crippen MR) is 119 cm³/mol. The number of para-hydroxylation sites is 1. The Kier molecular flexibility index (Phi) is 5.42. The summed E-state index contributed by atoms with van der Waals surface area (Å²) >= 11 is 8.27. The quantitative estimate of drug-likeness (QED) is 0.514. The van der Waals surface area contributed by atoms with Crippen LogP contribution < -0.4 is 10.6 Å². The fourth-order valence-corrected chi connectivity index (χ4v) is 4.71. The molecule has 28 heavy (non-hydrogen) atoms. The highest BCUT2D eigenvalue weighted by molar-refractivity contribution is 7.99. The molecule has 0 saturated heterocycles. The summed E-state index contributed by atoms with van der Waals surface area (Å²) < 4.78 is 0. The summed E-state index contributed by atoms with van der Waals surface area (Å²) in [5.41, 5.74) is 4.88. The Hall–Kier alpha value is -2.69. The maximum atomic E-state index is 11.4. The van der Waals surface area contributed by atoms with E-state index in [1.54, 1.807) is 11.8 Å². The van der Waals surface area contributed by atoms with E-state index in [1.165, 1.54) is 6.92 Å². The van der Waals surface area contributed by atoms with Gasteiger partial charge < -0.3 is 10.6 Å². The van der Waals surface area contributed by atoms with Crippen LogP contribution in [0.25, 0.3) is 5.70 Å². The van der Waals surface area contributed by atoms with Crippen molar-refractivity contribution in [2.75, 3.05) is 10.6 Å². The molecule has 1 atom stereocenters. The minimum Gasteiger partial charge on any atom is -0.354 e. The van der Waals surface area contributed by atoms with Gasteiger partial charge >= 0.3 is 0 Å². The summed E-state index contributed by atoms with van der Waals surface area (Å²) in [6, 6.07) is 24.0. The molecule has 1 heterocycles. The lowest BCUT2D eigenvalue weighted by molar-refractivity contribution is -0.114. The molecule has 1 aliphatic rings. The SMILES string of the molecule is CC(=O)Nc1cccc(C2=CC(c3ccccc3Cl)Sc3ccccc3N2)c1. The molecule has 0 aromatic heterocycles. The molecule has 0 saturated carbocycles.